The Kier molecular flexibility index (Phi) is 6.59. The van der Waals surface area contributed by atoms with Crippen LogP contribution in [-0.4, -0.2) is 87.5 Å². The average Bonchev–Trinajstić information content (AvgIpc) is 2.81. The van der Waals surface area contributed by atoms with E-state index in [2.05, 4.69) is 5.32 Å². The molecule has 2 bridgehead atoms. The number of carbonyl (C=O) groups is 2. The number of Topliss-reactive ketones (excluding diaryl/α,β-unsaturated/α-hetero) is 1. The predicted octanol–water partition coefficient (Wildman–Crippen LogP) is 0.716. The van der Waals surface area contributed by atoms with Crippen LogP contribution in [0.4, 0.5) is 0 Å². The van der Waals surface area contributed by atoms with Gasteiger partial charge in [-0.3, -0.25) is 4.79 Å². The van der Waals surface area contributed by atoms with Gasteiger partial charge in [-0.05, 0) is 50.3 Å². The molecule has 3 aliphatic carbocycles. The molecule has 1 saturated heterocycles. The third-order valence-corrected chi connectivity index (χ3v) is 10.7. The molecule has 0 aromatic carbocycles. The van der Waals surface area contributed by atoms with Crippen molar-refractivity contribution in [1.29, 1.82) is 0 Å². The van der Waals surface area contributed by atoms with Crippen molar-refractivity contribution >= 4 is 11.8 Å². The van der Waals surface area contributed by atoms with Crippen LogP contribution in [-0.2, 0) is 19.1 Å². The Morgan fingerprint density at radius 2 is 1.83 bits per heavy atom. The van der Waals surface area contributed by atoms with Gasteiger partial charge in [0.05, 0.1) is 18.3 Å². The smallest absolute Gasteiger partial charge is 0.337 e. The lowest BCUT2D eigenvalue weighted by Crippen LogP contribution is -2.77. The predicted molar refractivity (Wildman–Crippen MR) is 131 cm³/mol. The van der Waals surface area contributed by atoms with Crippen molar-refractivity contribution in [2.75, 3.05) is 13.7 Å². The van der Waals surface area contributed by atoms with E-state index in [4.69, 9.17) is 9.47 Å². The molecule has 0 radical (unpaired) electrons. The minimum atomic E-state index is -1.55. The second kappa shape index (κ2) is 8.58. The third-order valence-electron chi connectivity index (χ3n) is 10.7. The summed E-state index contributed by atoms with van der Waals surface area (Å²) in [5, 5.41) is 49.1. The van der Waals surface area contributed by atoms with Gasteiger partial charge in [-0.2, -0.15) is 0 Å². The molecule has 11 atom stereocenters. The number of nitrogens with one attached hydrogen (secondary N) is 1. The van der Waals surface area contributed by atoms with Crippen molar-refractivity contribution in [2.45, 2.75) is 103 Å². The number of aliphatic hydroxyl groups excluding tert-OH is 2. The molecule has 3 fully saturated rings. The highest BCUT2D eigenvalue weighted by atomic mass is 16.6. The summed E-state index contributed by atoms with van der Waals surface area (Å²) < 4.78 is 11.4. The first-order valence-corrected chi connectivity index (χ1v) is 13.1. The molecule has 0 spiro atoms. The van der Waals surface area contributed by atoms with Gasteiger partial charge in [0, 0.05) is 29.2 Å². The van der Waals surface area contributed by atoms with E-state index < -0.39 is 76.1 Å². The van der Waals surface area contributed by atoms with Crippen molar-refractivity contribution < 1.29 is 39.5 Å². The van der Waals surface area contributed by atoms with Gasteiger partial charge in [0.2, 0.25) is 0 Å². The Bertz CT molecular complexity index is 979. The molecule has 0 aromatic rings. The van der Waals surface area contributed by atoms with E-state index in [0.29, 0.717) is 17.6 Å². The summed E-state index contributed by atoms with van der Waals surface area (Å²) in [4.78, 5) is 27.0. The fraction of sp³-hybridized carbons (Fsp3) is 0.852. The normalized spacial score (nSPS) is 47.5. The Labute approximate surface area is 213 Å². The van der Waals surface area contributed by atoms with Crippen molar-refractivity contribution in [1.82, 2.24) is 5.32 Å². The summed E-state index contributed by atoms with van der Waals surface area (Å²) >= 11 is 0. The molecule has 204 valence electrons. The molecule has 36 heavy (non-hydrogen) atoms. The van der Waals surface area contributed by atoms with E-state index in [9.17, 15) is 30.0 Å². The number of fused-ring (bicyclic) bond motifs is 5. The van der Waals surface area contributed by atoms with Gasteiger partial charge < -0.3 is 35.2 Å². The molecule has 8 unspecified atom stereocenters. The summed E-state index contributed by atoms with van der Waals surface area (Å²) in [6.07, 6.45) is -3.89. The lowest BCUT2D eigenvalue weighted by atomic mass is 9.41. The zero-order valence-corrected chi connectivity index (χ0v) is 22.7. The van der Waals surface area contributed by atoms with E-state index in [1.165, 1.54) is 0 Å². The number of likely N-dealkylation sites (N-methyl/N-ethyl adjacent to an activating group) is 1. The maximum Gasteiger partial charge on any atom is 0.337 e. The summed E-state index contributed by atoms with van der Waals surface area (Å²) in [6, 6.07) is -0.556. The minimum absolute atomic E-state index is 0.00632. The van der Waals surface area contributed by atoms with Crippen LogP contribution in [0, 0.1) is 28.6 Å². The van der Waals surface area contributed by atoms with Crippen LogP contribution in [0.2, 0.25) is 0 Å². The number of hydrogen-bond donors (Lipinski definition) is 5. The van der Waals surface area contributed by atoms with Crippen LogP contribution < -0.4 is 5.32 Å². The molecule has 4 aliphatic rings. The molecule has 5 N–H and O–H groups in total. The summed E-state index contributed by atoms with van der Waals surface area (Å²) in [5.41, 5.74) is -4.19. The maximum absolute atomic E-state index is 14.2. The van der Waals surface area contributed by atoms with E-state index in [1.54, 1.807) is 41.7 Å². The largest absolute Gasteiger partial charge is 0.456 e. The molecule has 9 heteroatoms. The molecule has 0 amide bonds. The first-order chi connectivity index (χ1) is 16.5. The Morgan fingerprint density at radius 3 is 2.36 bits per heavy atom. The van der Waals surface area contributed by atoms with Gasteiger partial charge in [0.1, 0.15) is 17.8 Å². The van der Waals surface area contributed by atoms with Gasteiger partial charge in [-0.15, -0.1) is 0 Å². The first-order valence-electron chi connectivity index (χ1n) is 13.1. The van der Waals surface area contributed by atoms with Gasteiger partial charge in [0.15, 0.2) is 11.9 Å². The van der Waals surface area contributed by atoms with Crippen LogP contribution in [0.5, 0.6) is 0 Å². The summed E-state index contributed by atoms with van der Waals surface area (Å²) in [6.45, 7) is 12.6. The third kappa shape index (κ3) is 3.36. The average molecular weight is 510 g/mol. The summed E-state index contributed by atoms with van der Waals surface area (Å²) in [5.74, 6) is -2.75. The molecule has 0 aromatic heterocycles. The van der Waals surface area contributed by atoms with Gasteiger partial charge in [-0.25, -0.2) is 4.79 Å². The van der Waals surface area contributed by atoms with Crippen LogP contribution >= 0.6 is 0 Å². The zero-order valence-electron chi connectivity index (χ0n) is 22.7. The quantitative estimate of drug-likeness (QED) is 0.273. The molecule has 9 nitrogen and oxygen atoms in total. The number of esters is 1. The van der Waals surface area contributed by atoms with Crippen LogP contribution in [0.25, 0.3) is 0 Å². The second-order valence-electron chi connectivity index (χ2n) is 12.5. The van der Waals surface area contributed by atoms with E-state index in [0.717, 1.165) is 0 Å². The van der Waals surface area contributed by atoms with Crippen LogP contribution in [0.3, 0.4) is 0 Å². The fourth-order valence-corrected chi connectivity index (χ4v) is 7.98. The summed E-state index contributed by atoms with van der Waals surface area (Å²) in [7, 11) is 1.62. The highest BCUT2D eigenvalue weighted by molar-refractivity contribution is 5.93. The number of ketones is 1. The Balaban J connectivity index is 1.87. The number of aliphatic hydroxyl groups is 4. The zero-order chi connectivity index (χ0) is 27.2. The number of rotatable bonds is 4. The lowest BCUT2D eigenvalue weighted by molar-refractivity contribution is -0.329. The monoisotopic (exact) mass is 509 g/mol. The molecular formula is C27H43NO8. The standard InChI is InChI=1S/C27H43NO8/c1-12-9-17-26(33,11-35-17)21-14(3)27(34)10-16(36-23(32)19(29)15(4)28-8)13(2)18(24(27,5)6)20(30)22(31)25(12,21)7/h12,14-17,19-21,28-30,33-34H,9-11H2,1-8H3/t12-,14?,15?,16?,17?,19?,20?,21?,25+,26-,27?/m0/s1. The second-order valence-corrected chi connectivity index (χ2v) is 12.5. The first kappa shape index (κ1) is 27.7. The lowest BCUT2D eigenvalue weighted by Gasteiger charge is -2.68. The molecule has 4 rings (SSSR count). The van der Waals surface area contributed by atoms with Gasteiger partial charge >= 0.3 is 5.97 Å². The van der Waals surface area contributed by atoms with Crippen LogP contribution in [0.15, 0.2) is 11.1 Å². The van der Waals surface area contributed by atoms with Crippen molar-refractivity contribution in [3.63, 3.8) is 0 Å². The minimum Gasteiger partial charge on any atom is -0.456 e. The SMILES string of the molecule is CNC(C)C(O)C(=O)OC1CC2(O)C(C)C3[C@]4(O)COC4C[C@H](C)[C@@]3(C)C(=O)C(O)C(=C1C)C2(C)C. The molecule has 1 aliphatic heterocycles. The molecule has 1 heterocycles. The molecule has 2 saturated carbocycles. The Hall–Kier alpha value is -1.36. The highest BCUT2D eigenvalue weighted by Gasteiger charge is 2.73. The maximum atomic E-state index is 14.2. The highest BCUT2D eigenvalue weighted by Crippen LogP contribution is 2.65. The van der Waals surface area contributed by atoms with Crippen molar-refractivity contribution in [3.8, 4) is 0 Å². The van der Waals surface area contributed by atoms with Crippen molar-refractivity contribution in [3.05, 3.63) is 11.1 Å². The van der Waals surface area contributed by atoms with E-state index in [1.807, 2.05) is 13.8 Å². The van der Waals surface area contributed by atoms with E-state index >= 15 is 0 Å². The fourth-order valence-electron chi connectivity index (χ4n) is 7.98. The molecular weight excluding hydrogens is 466 g/mol. The van der Waals surface area contributed by atoms with Crippen molar-refractivity contribution in [2.24, 2.45) is 28.6 Å². The topological polar surface area (TPSA) is 146 Å². The van der Waals surface area contributed by atoms with E-state index in [-0.39, 0.29) is 18.9 Å². The van der Waals surface area contributed by atoms with Gasteiger partial charge in [-0.1, -0.05) is 34.6 Å². The van der Waals surface area contributed by atoms with Gasteiger partial charge in [0.25, 0.3) is 0 Å². The number of carbonyl (C=O) groups excluding carboxylic acids is 2. The van der Waals surface area contributed by atoms with Crippen LogP contribution in [0.1, 0.15) is 61.3 Å². The number of ether oxygens (including phenoxy) is 2. The number of hydrogen-bond acceptors (Lipinski definition) is 9. The Morgan fingerprint density at radius 1 is 1.22 bits per heavy atom.